The average molecular weight is 131 g/mol. The molecule has 0 aliphatic carbocycles. The Labute approximate surface area is 52.9 Å². The Hall–Kier alpha value is -0.500. The molecule has 0 radical (unpaired) electrons. The molecule has 0 aliphatic rings. The molecule has 0 bridgehead atoms. The summed E-state index contributed by atoms with van der Waals surface area (Å²) in [4.78, 5) is 6.71. The van der Waals surface area contributed by atoms with Gasteiger partial charge in [0.15, 0.2) is 5.28 Å². The number of aromatic nitrogens is 2. The van der Waals surface area contributed by atoms with Crippen molar-refractivity contribution in [2.24, 2.45) is 0 Å². The minimum atomic E-state index is 0.474. The normalized spacial score (nSPS) is 9.75. The summed E-state index contributed by atoms with van der Waals surface area (Å²) >= 11 is 5.47. The quantitative estimate of drug-likeness (QED) is 0.615. The van der Waals surface area contributed by atoms with E-state index >= 15 is 0 Å². The maximum absolute atomic E-state index is 5.47. The summed E-state index contributed by atoms with van der Waals surface area (Å²) in [6.45, 7) is 2.03. The highest BCUT2D eigenvalue weighted by atomic mass is 35.5. The van der Waals surface area contributed by atoms with E-state index in [0.29, 0.717) is 5.28 Å². The van der Waals surface area contributed by atoms with Gasteiger partial charge in [-0.25, -0.2) is 4.98 Å². The van der Waals surface area contributed by atoms with Crippen LogP contribution in [0.1, 0.15) is 12.6 Å². The number of rotatable bonds is 1. The molecule has 2 nitrogen and oxygen atoms in total. The summed E-state index contributed by atoms with van der Waals surface area (Å²) in [6, 6.07) is 0. The second kappa shape index (κ2) is 2.18. The molecule has 0 amide bonds. The second-order valence-corrected chi connectivity index (χ2v) is 1.89. The molecular weight excluding hydrogens is 124 g/mol. The van der Waals surface area contributed by atoms with Gasteiger partial charge in [-0.2, -0.15) is 0 Å². The number of aryl methyl sites for hydroxylation is 1. The van der Waals surface area contributed by atoms with E-state index in [1.165, 1.54) is 0 Å². The van der Waals surface area contributed by atoms with Crippen molar-refractivity contribution in [3.63, 3.8) is 0 Å². The fourth-order valence-corrected chi connectivity index (χ4v) is 0.678. The van der Waals surface area contributed by atoms with Gasteiger partial charge >= 0.3 is 0 Å². The molecule has 1 rings (SSSR count). The highest BCUT2D eigenvalue weighted by Crippen LogP contribution is 2.01. The predicted octanol–water partition coefficient (Wildman–Crippen LogP) is 1.63. The molecule has 0 aromatic carbocycles. The highest BCUT2D eigenvalue weighted by molar-refractivity contribution is 6.28. The zero-order valence-corrected chi connectivity index (χ0v) is 5.37. The van der Waals surface area contributed by atoms with Crippen LogP contribution in [-0.4, -0.2) is 9.97 Å². The Kier molecular flexibility index (Phi) is 1.53. The number of H-pyrrole nitrogens is 1. The van der Waals surface area contributed by atoms with Crippen LogP contribution in [0.5, 0.6) is 0 Å². The van der Waals surface area contributed by atoms with Crippen LogP contribution in [-0.2, 0) is 6.42 Å². The van der Waals surface area contributed by atoms with Crippen molar-refractivity contribution in [3.05, 3.63) is 17.2 Å². The number of aromatic amines is 1. The summed E-state index contributed by atoms with van der Waals surface area (Å²) in [6.07, 6.45) is 2.74. The standard InChI is InChI=1S/C5H7ClN2/c1-2-4-3-7-5(6)8-4/h3H,2H2,1H3,(H,7,8). The molecular formula is C5H7ClN2. The van der Waals surface area contributed by atoms with Crippen LogP contribution in [0.2, 0.25) is 5.28 Å². The van der Waals surface area contributed by atoms with Crippen LogP contribution in [0, 0.1) is 0 Å². The topological polar surface area (TPSA) is 28.7 Å². The van der Waals surface area contributed by atoms with E-state index in [4.69, 9.17) is 11.6 Å². The molecule has 1 N–H and O–H groups in total. The molecule has 1 aromatic rings. The third-order valence-electron chi connectivity index (χ3n) is 0.962. The van der Waals surface area contributed by atoms with E-state index in [1.54, 1.807) is 0 Å². The third kappa shape index (κ3) is 1.01. The number of nitrogens with zero attached hydrogens (tertiary/aromatic N) is 1. The lowest BCUT2D eigenvalue weighted by atomic mass is 10.4. The van der Waals surface area contributed by atoms with Crippen molar-refractivity contribution in [2.45, 2.75) is 13.3 Å². The van der Waals surface area contributed by atoms with Crippen LogP contribution in [0.15, 0.2) is 6.20 Å². The smallest absolute Gasteiger partial charge is 0.200 e. The average Bonchev–Trinajstić information content (AvgIpc) is 2.14. The van der Waals surface area contributed by atoms with Crippen molar-refractivity contribution < 1.29 is 0 Å². The van der Waals surface area contributed by atoms with Gasteiger partial charge in [0.1, 0.15) is 0 Å². The number of imidazole rings is 1. The molecule has 8 heavy (non-hydrogen) atoms. The predicted molar refractivity (Wildman–Crippen MR) is 33.0 cm³/mol. The first kappa shape index (κ1) is 5.63. The lowest BCUT2D eigenvalue weighted by Crippen LogP contribution is -1.74. The van der Waals surface area contributed by atoms with Crippen molar-refractivity contribution in [2.75, 3.05) is 0 Å². The summed E-state index contributed by atoms with van der Waals surface area (Å²) < 4.78 is 0. The van der Waals surface area contributed by atoms with E-state index in [0.717, 1.165) is 12.1 Å². The maximum atomic E-state index is 5.47. The molecule has 0 atom stereocenters. The molecule has 1 aromatic heterocycles. The Balaban J connectivity index is 2.84. The molecule has 0 spiro atoms. The van der Waals surface area contributed by atoms with Gasteiger partial charge in [-0.05, 0) is 18.0 Å². The zero-order valence-electron chi connectivity index (χ0n) is 4.61. The van der Waals surface area contributed by atoms with Crippen molar-refractivity contribution in [3.8, 4) is 0 Å². The fraction of sp³-hybridized carbons (Fsp3) is 0.400. The van der Waals surface area contributed by atoms with Crippen LogP contribution in [0.3, 0.4) is 0 Å². The van der Waals surface area contributed by atoms with E-state index in [-0.39, 0.29) is 0 Å². The Bertz CT molecular complexity index is 171. The zero-order chi connectivity index (χ0) is 5.98. The minimum absolute atomic E-state index is 0.474. The third-order valence-corrected chi connectivity index (χ3v) is 1.16. The molecule has 0 aliphatic heterocycles. The van der Waals surface area contributed by atoms with E-state index in [2.05, 4.69) is 9.97 Å². The lowest BCUT2D eigenvalue weighted by Gasteiger charge is -1.78. The summed E-state index contributed by atoms with van der Waals surface area (Å²) in [5.41, 5.74) is 1.01. The van der Waals surface area contributed by atoms with E-state index in [1.807, 2.05) is 13.1 Å². The Morgan fingerprint density at radius 2 is 2.62 bits per heavy atom. The number of hydrogen-bond acceptors (Lipinski definition) is 1. The van der Waals surface area contributed by atoms with Crippen LogP contribution < -0.4 is 0 Å². The first-order valence-electron chi connectivity index (χ1n) is 2.52. The SMILES string of the molecule is CCc1c[nH]c(Cl)n1. The van der Waals surface area contributed by atoms with Gasteiger partial charge in [0, 0.05) is 6.20 Å². The maximum Gasteiger partial charge on any atom is 0.200 e. The van der Waals surface area contributed by atoms with Crippen molar-refractivity contribution in [1.29, 1.82) is 0 Å². The number of halogens is 1. The summed E-state index contributed by atoms with van der Waals surface area (Å²) in [7, 11) is 0. The van der Waals surface area contributed by atoms with Gasteiger partial charge in [-0.15, -0.1) is 0 Å². The van der Waals surface area contributed by atoms with Crippen molar-refractivity contribution in [1.82, 2.24) is 9.97 Å². The number of nitrogens with one attached hydrogen (secondary N) is 1. The van der Waals surface area contributed by atoms with Gasteiger partial charge in [-0.3, -0.25) is 0 Å². The highest BCUT2D eigenvalue weighted by Gasteiger charge is 1.91. The van der Waals surface area contributed by atoms with Crippen LogP contribution in [0.4, 0.5) is 0 Å². The second-order valence-electron chi connectivity index (χ2n) is 1.54. The molecule has 0 saturated carbocycles. The van der Waals surface area contributed by atoms with Gasteiger partial charge < -0.3 is 4.98 Å². The van der Waals surface area contributed by atoms with E-state index < -0.39 is 0 Å². The monoisotopic (exact) mass is 130 g/mol. The van der Waals surface area contributed by atoms with E-state index in [9.17, 15) is 0 Å². The van der Waals surface area contributed by atoms with Gasteiger partial charge in [0.2, 0.25) is 0 Å². The first-order chi connectivity index (χ1) is 3.83. The summed E-state index contributed by atoms with van der Waals surface area (Å²) in [5.74, 6) is 0. The van der Waals surface area contributed by atoms with Crippen LogP contribution in [0.25, 0.3) is 0 Å². The van der Waals surface area contributed by atoms with Crippen LogP contribution >= 0.6 is 11.6 Å². The Morgan fingerprint density at radius 1 is 1.88 bits per heavy atom. The number of hydrogen-bond donors (Lipinski definition) is 1. The molecule has 0 fully saturated rings. The fourth-order valence-electron chi connectivity index (χ4n) is 0.515. The summed E-state index contributed by atoms with van der Waals surface area (Å²) in [5, 5.41) is 0.474. The van der Waals surface area contributed by atoms with Gasteiger partial charge in [0.05, 0.1) is 5.69 Å². The Morgan fingerprint density at radius 3 is 2.88 bits per heavy atom. The molecule has 0 saturated heterocycles. The minimum Gasteiger partial charge on any atom is -0.335 e. The molecule has 44 valence electrons. The first-order valence-corrected chi connectivity index (χ1v) is 2.90. The lowest BCUT2D eigenvalue weighted by molar-refractivity contribution is 1.06. The molecule has 3 heteroatoms. The van der Waals surface area contributed by atoms with Crippen molar-refractivity contribution >= 4 is 11.6 Å². The molecule has 0 unspecified atom stereocenters. The van der Waals surface area contributed by atoms with Gasteiger partial charge in [-0.1, -0.05) is 6.92 Å². The van der Waals surface area contributed by atoms with Gasteiger partial charge in [0.25, 0.3) is 0 Å². The largest absolute Gasteiger partial charge is 0.335 e. The molecule has 1 heterocycles.